The van der Waals surface area contributed by atoms with Crippen molar-refractivity contribution in [2.45, 2.75) is 103 Å². The molecule has 3 aromatic rings. The highest BCUT2D eigenvalue weighted by Gasteiger charge is 2.51. The summed E-state index contributed by atoms with van der Waals surface area (Å²) < 4.78 is 42.0. The molecule has 1 aromatic carbocycles. The lowest BCUT2D eigenvalue weighted by Crippen LogP contribution is -2.50. The van der Waals surface area contributed by atoms with Crippen LogP contribution < -0.4 is 9.64 Å². The third-order valence-electron chi connectivity index (χ3n) is 9.34. The van der Waals surface area contributed by atoms with E-state index in [0.717, 1.165) is 37.7 Å². The Kier molecular flexibility index (Phi) is 8.35. The maximum atomic E-state index is 13.6. The highest BCUT2D eigenvalue weighted by Crippen LogP contribution is 2.49. The molecule has 5 rings (SSSR count). The molecule has 0 N–H and O–H groups in total. The molecule has 0 spiro atoms. The van der Waals surface area contributed by atoms with Gasteiger partial charge in [0, 0.05) is 51.4 Å². The van der Waals surface area contributed by atoms with E-state index in [1.165, 1.54) is 0 Å². The summed E-state index contributed by atoms with van der Waals surface area (Å²) in [7, 11) is -5.42. The van der Waals surface area contributed by atoms with Gasteiger partial charge in [0.15, 0.2) is 8.32 Å². The molecule has 0 amide bonds. The van der Waals surface area contributed by atoms with Gasteiger partial charge in [-0.2, -0.15) is 4.31 Å². The Labute approximate surface area is 267 Å². The van der Waals surface area contributed by atoms with Gasteiger partial charge in [-0.05, 0) is 77.4 Å². The second-order valence-electron chi connectivity index (χ2n) is 15.0. The van der Waals surface area contributed by atoms with Gasteiger partial charge in [0.05, 0.1) is 33.8 Å². The van der Waals surface area contributed by atoms with E-state index in [4.69, 9.17) is 25.7 Å². The number of nitrogens with zero attached hydrogens (tertiary/aromatic N) is 3. The van der Waals surface area contributed by atoms with Gasteiger partial charge in [0.2, 0.25) is 10.0 Å². The third-order valence-corrected chi connectivity index (χ3v) is 17.9. The van der Waals surface area contributed by atoms with Crippen LogP contribution in [0.4, 0.5) is 5.69 Å². The number of ether oxygens (including phenoxy) is 1. The lowest BCUT2D eigenvalue weighted by atomic mass is 9.97. The van der Waals surface area contributed by atoms with Crippen LogP contribution in [0.2, 0.25) is 23.2 Å². The monoisotopic (exact) mass is 663 g/mol. The largest absolute Gasteiger partial charge is 0.489 e. The molecule has 43 heavy (non-hydrogen) atoms. The average molecular weight is 664 g/mol. The van der Waals surface area contributed by atoms with Crippen molar-refractivity contribution in [2.24, 2.45) is 0 Å². The number of fused-ring (bicyclic) bond motifs is 2. The second kappa shape index (κ2) is 11.0. The van der Waals surface area contributed by atoms with Crippen molar-refractivity contribution >= 4 is 57.2 Å². The van der Waals surface area contributed by atoms with Gasteiger partial charge >= 0.3 is 0 Å². The number of rotatable bonds is 6. The van der Waals surface area contributed by atoms with E-state index < -0.39 is 28.6 Å². The van der Waals surface area contributed by atoms with Gasteiger partial charge in [-0.15, -0.1) is 11.3 Å². The number of thiophene rings is 1. The van der Waals surface area contributed by atoms with E-state index in [2.05, 4.69) is 44.8 Å². The highest BCUT2D eigenvalue weighted by atomic mass is 35.5. The maximum Gasteiger partial charge on any atom is 0.219 e. The Morgan fingerprint density at radius 2 is 1.84 bits per heavy atom. The molecule has 1 fully saturated rings. The summed E-state index contributed by atoms with van der Waals surface area (Å²) in [4.78, 5) is 8.20. The van der Waals surface area contributed by atoms with Crippen LogP contribution in [-0.4, -0.2) is 62.0 Å². The average Bonchev–Trinajstić information content (AvgIpc) is 3.45. The number of pyridine rings is 1. The summed E-state index contributed by atoms with van der Waals surface area (Å²) in [6.07, 6.45) is 2.56. The predicted molar refractivity (Wildman–Crippen MR) is 183 cm³/mol. The molecule has 0 bridgehead atoms. The summed E-state index contributed by atoms with van der Waals surface area (Å²) in [5.74, 6) is 0.728. The number of anilines is 1. The molecule has 2 aliphatic heterocycles. The van der Waals surface area contributed by atoms with Gasteiger partial charge in [-0.25, -0.2) is 8.42 Å². The van der Waals surface area contributed by atoms with E-state index in [-0.39, 0.29) is 11.1 Å². The first-order valence-corrected chi connectivity index (χ1v) is 20.5. The van der Waals surface area contributed by atoms with Crippen LogP contribution in [0.15, 0.2) is 30.5 Å². The Balaban J connectivity index is 1.56. The molecule has 1 unspecified atom stereocenters. The molecular formula is C32H46ClN3O4S2Si. The van der Waals surface area contributed by atoms with Crippen LogP contribution in [0, 0.1) is 0 Å². The lowest BCUT2D eigenvalue weighted by Gasteiger charge is -2.38. The standard InChI is InChI=1S/C32H46ClN3O4S2Si/c1-30(2,3)42(37,38)36-19-22(18-32(36,7)8)35-13-14-39-27-16-21(33)15-25(28(27)35)24-11-12-34-26-17-23(41-29(24)26)20-40-43(9,10)31(4,5)6/h11-12,15-17,22H,13-14,18-20H2,1-10H3. The van der Waals surface area contributed by atoms with Crippen molar-refractivity contribution < 1.29 is 17.6 Å². The molecule has 2 aromatic heterocycles. The van der Waals surface area contributed by atoms with E-state index in [9.17, 15) is 8.42 Å². The van der Waals surface area contributed by atoms with E-state index in [1.54, 1.807) is 36.4 Å². The molecule has 0 aliphatic carbocycles. The van der Waals surface area contributed by atoms with Gasteiger partial charge in [0.25, 0.3) is 0 Å². The third kappa shape index (κ3) is 6.00. The molecule has 0 radical (unpaired) electrons. The number of aromatic nitrogens is 1. The maximum absolute atomic E-state index is 13.6. The Hall–Kier alpha value is -1.69. The van der Waals surface area contributed by atoms with Gasteiger partial charge in [0.1, 0.15) is 12.4 Å². The summed E-state index contributed by atoms with van der Waals surface area (Å²) in [5.41, 5.74) is 3.39. The number of halogens is 1. The zero-order valence-corrected chi connectivity index (χ0v) is 30.6. The van der Waals surface area contributed by atoms with E-state index in [1.807, 2.05) is 38.2 Å². The predicted octanol–water partition coefficient (Wildman–Crippen LogP) is 8.32. The normalized spacial score (nSPS) is 20.0. The number of benzene rings is 1. The van der Waals surface area contributed by atoms with Crippen LogP contribution in [0.5, 0.6) is 5.75 Å². The number of hydrogen-bond donors (Lipinski definition) is 0. The van der Waals surface area contributed by atoms with Crippen LogP contribution in [0.1, 0.15) is 66.7 Å². The fourth-order valence-electron chi connectivity index (χ4n) is 5.80. The molecule has 4 heterocycles. The fourth-order valence-corrected chi connectivity index (χ4v) is 9.87. The van der Waals surface area contributed by atoms with E-state index >= 15 is 0 Å². The first kappa shape index (κ1) is 32.7. The van der Waals surface area contributed by atoms with Crippen LogP contribution in [0.25, 0.3) is 21.3 Å². The molecule has 1 saturated heterocycles. The zero-order valence-electron chi connectivity index (χ0n) is 27.2. The molecule has 11 heteroatoms. The summed E-state index contributed by atoms with van der Waals surface area (Å²) in [5, 5.41) is 0.731. The van der Waals surface area contributed by atoms with Crippen molar-refractivity contribution in [1.29, 1.82) is 0 Å². The number of sulfonamides is 1. The van der Waals surface area contributed by atoms with Crippen LogP contribution in [0.3, 0.4) is 0 Å². The van der Waals surface area contributed by atoms with Gasteiger partial charge in [-0.3, -0.25) is 4.98 Å². The SMILES string of the molecule is CC1(C)CC(N2CCOc3cc(Cl)cc(-c4ccnc5cc(CO[Si](C)(C)C(C)(C)C)sc45)c32)CN1S(=O)(=O)C(C)(C)C. The summed E-state index contributed by atoms with van der Waals surface area (Å²) >= 11 is 8.41. The lowest BCUT2D eigenvalue weighted by molar-refractivity contribution is 0.279. The smallest absolute Gasteiger partial charge is 0.219 e. The molecule has 7 nitrogen and oxygen atoms in total. The van der Waals surface area contributed by atoms with Crippen molar-refractivity contribution in [3.05, 3.63) is 40.4 Å². The van der Waals surface area contributed by atoms with Gasteiger partial charge in [-0.1, -0.05) is 32.4 Å². The quantitative estimate of drug-likeness (QED) is 0.247. The first-order valence-electron chi connectivity index (χ1n) is 15.0. The molecule has 0 saturated carbocycles. The van der Waals surface area contributed by atoms with Crippen LogP contribution in [-0.2, 0) is 21.1 Å². The minimum atomic E-state index is -3.51. The molecular weight excluding hydrogens is 618 g/mol. The van der Waals surface area contributed by atoms with Crippen LogP contribution >= 0.6 is 22.9 Å². The Bertz CT molecular complexity index is 1640. The number of hydrogen-bond acceptors (Lipinski definition) is 7. The summed E-state index contributed by atoms with van der Waals surface area (Å²) in [6.45, 7) is 22.9. The van der Waals surface area contributed by atoms with Crippen molar-refractivity contribution in [3.63, 3.8) is 0 Å². The zero-order chi connectivity index (χ0) is 31.8. The topological polar surface area (TPSA) is 72.0 Å². The van der Waals surface area contributed by atoms with Crippen molar-refractivity contribution in [1.82, 2.24) is 9.29 Å². The molecule has 2 aliphatic rings. The fraction of sp³-hybridized carbons (Fsp3) is 0.594. The highest BCUT2D eigenvalue weighted by molar-refractivity contribution is 7.90. The first-order chi connectivity index (χ1) is 19.7. The molecule has 236 valence electrons. The second-order valence-corrected chi connectivity index (χ2v) is 24.0. The molecule has 1 atom stereocenters. The summed E-state index contributed by atoms with van der Waals surface area (Å²) in [6, 6.07) is 8.05. The van der Waals surface area contributed by atoms with Gasteiger partial charge < -0.3 is 14.1 Å². The van der Waals surface area contributed by atoms with Crippen molar-refractivity contribution in [3.8, 4) is 16.9 Å². The minimum Gasteiger partial charge on any atom is -0.489 e. The Morgan fingerprint density at radius 3 is 2.49 bits per heavy atom. The van der Waals surface area contributed by atoms with Crippen molar-refractivity contribution in [2.75, 3.05) is 24.6 Å². The Morgan fingerprint density at radius 1 is 1.14 bits per heavy atom. The minimum absolute atomic E-state index is 0.0103. The van der Waals surface area contributed by atoms with E-state index in [0.29, 0.717) is 37.7 Å².